The Morgan fingerprint density at radius 3 is 2.24 bits per heavy atom. The number of piperazine rings is 1. The van der Waals surface area contributed by atoms with Gasteiger partial charge >= 0.3 is 6.03 Å². The molecule has 1 saturated heterocycles. The van der Waals surface area contributed by atoms with Crippen molar-refractivity contribution in [2.45, 2.75) is 46.5 Å². The summed E-state index contributed by atoms with van der Waals surface area (Å²) in [5.41, 5.74) is 2.95. The predicted molar refractivity (Wildman–Crippen MR) is 101 cm³/mol. The summed E-state index contributed by atoms with van der Waals surface area (Å²) in [6.45, 7) is 13.5. The Balaban J connectivity index is 2.04. The van der Waals surface area contributed by atoms with Gasteiger partial charge in [-0.1, -0.05) is 39.8 Å². The SMILES string of the molecule is CCCNC(=O)N1CCN(C(=O)c2cc(C(C)(C)C)ccc2C)CC1. The molecule has 1 N–H and O–H groups in total. The normalized spacial score (nSPS) is 15.2. The monoisotopic (exact) mass is 345 g/mol. The van der Waals surface area contributed by atoms with Gasteiger partial charge in [0.1, 0.15) is 0 Å². The Morgan fingerprint density at radius 1 is 1.08 bits per heavy atom. The summed E-state index contributed by atoms with van der Waals surface area (Å²) in [4.78, 5) is 28.6. The second-order valence-electron chi connectivity index (χ2n) is 7.79. The topological polar surface area (TPSA) is 52.7 Å². The lowest BCUT2D eigenvalue weighted by Crippen LogP contribution is -2.53. The van der Waals surface area contributed by atoms with Gasteiger partial charge in [-0.3, -0.25) is 4.79 Å². The second-order valence-corrected chi connectivity index (χ2v) is 7.79. The fraction of sp³-hybridized carbons (Fsp3) is 0.600. The maximum atomic E-state index is 13.0. The average Bonchev–Trinajstić information content (AvgIpc) is 2.58. The summed E-state index contributed by atoms with van der Waals surface area (Å²) in [6.07, 6.45) is 0.924. The van der Waals surface area contributed by atoms with Crippen molar-refractivity contribution in [2.24, 2.45) is 0 Å². The van der Waals surface area contributed by atoms with Crippen LogP contribution in [0.1, 0.15) is 55.6 Å². The zero-order valence-corrected chi connectivity index (χ0v) is 16.2. The van der Waals surface area contributed by atoms with E-state index in [9.17, 15) is 9.59 Å². The van der Waals surface area contributed by atoms with Crippen molar-refractivity contribution in [2.75, 3.05) is 32.7 Å². The maximum absolute atomic E-state index is 13.0. The highest BCUT2D eigenvalue weighted by molar-refractivity contribution is 5.96. The zero-order valence-electron chi connectivity index (χ0n) is 16.2. The first kappa shape index (κ1) is 19.3. The van der Waals surface area contributed by atoms with Crippen LogP contribution in [0.4, 0.5) is 4.79 Å². The molecule has 0 aromatic heterocycles. The Morgan fingerprint density at radius 2 is 1.68 bits per heavy atom. The fourth-order valence-electron chi connectivity index (χ4n) is 2.95. The minimum atomic E-state index is -0.0279. The van der Waals surface area contributed by atoms with Crippen LogP contribution < -0.4 is 5.32 Å². The number of nitrogens with one attached hydrogen (secondary N) is 1. The number of rotatable bonds is 3. The van der Waals surface area contributed by atoms with Gasteiger partial charge in [0.2, 0.25) is 0 Å². The number of carbonyl (C=O) groups is 2. The fourth-order valence-corrected chi connectivity index (χ4v) is 2.95. The van der Waals surface area contributed by atoms with Crippen molar-refractivity contribution in [1.29, 1.82) is 0 Å². The van der Waals surface area contributed by atoms with Crippen LogP contribution in [-0.4, -0.2) is 54.5 Å². The van der Waals surface area contributed by atoms with Gasteiger partial charge in [0, 0.05) is 38.3 Å². The van der Waals surface area contributed by atoms with E-state index < -0.39 is 0 Å². The van der Waals surface area contributed by atoms with Crippen LogP contribution in [0.15, 0.2) is 18.2 Å². The Bertz CT molecular complexity index is 626. The molecule has 1 aromatic carbocycles. The summed E-state index contributed by atoms with van der Waals surface area (Å²) < 4.78 is 0. The van der Waals surface area contributed by atoms with Crippen molar-refractivity contribution < 1.29 is 9.59 Å². The minimum absolute atomic E-state index is 0.0127. The number of urea groups is 1. The lowest BCUT2D eigenvalue weighted by molar-refractivity contribution is 0.0664. The molecule has 1 aliphatic rings. The van der Waals surface area contributed by atoms with E-state index in [-0.39, 0.29) is 17.4 Å². The van der Waals surface area contributed by atoms with E-state index in [1.165, 1.54) is 5.56 Å². The van der Waals surface area contributed by atoms with Crippen molar-refractivity contribution in [3.63, 3.8) is 0 Å². The smallest absolute Gasteiger partial charge is 0.317 e. The molecule has 1 heterocycles. The lowest BCUT2D eigenvalue weighted by Gasteiger charge is -2.35. The quantitative estimate of drug-likeness (QED) is 0.915. The first-order valence-electron chi connectivity index (χ1n) is 9.17. The Labute approximate surface area is 151 Å². The Hall–Kier alpha value is -2.04. The number of hydrogen-bond acceptors (Lipinski definition) is 2. The third-order valence-corrected chi connectivity index (χ3v) is 4.71. The molecule has 0 aliphatic carbocycles. The highest BCUT2D eigenvalue weighted by Crippen LogP contribution is 2.25. The molecule has 138 valence electrons. The molecule has 25 heavy (non-hydrogen) atoms. The molecule has 5 nitrogen and oxygen atoms in total. The van der Waals surface area contributed by atoms with Crippen LogP contribution in [0.5, 0.6) is 0 Å². The van der Waals surface area contributed by atoms with Crippen molar-refractivity contribution >= 4 is 11.9 Å². The molecular formula is C20H31N3O2. The molecule has 0 bridgehead atoms. The van der Waals surface area contributed by atoms with Crippen LogP contribution in [0, 0.1) is 6.92 Å². The number of benzene rings is 1. The van der Waals surface area contributed by atoms with Crippen LogP contribution in [-0.2, 0) is 5.41 Å². The maximum Gasteiger partial charge on any atom is 0.317 e. The number of nitrogens with zero attached hydrogens (tertiary/aromatic N) is 2. The van der Waals surface area contributed by atoms with Gasteiger partial charge in [0.25, 0.3) is 5.91 Å². The van der Waals surface area contributed by atoms with Gasteiger partial charge in [-0.05, 0) is 36.0 Å². The van der Waals surface area contributed by atoms with E-state index in [4.69, 9.17) is 0 Å². The van der Waals surface area contributed by atoms with Gasteiger partial charge in [0.15, 0.2) is 0 Å². The second kappa shape index (κ2) is 7.89. The highest BCUT2D eigenvalue weighted by atomic mass is 16.2. The summed E-state index contributed by atoms with van der Waals surface area (Å²) in [5.74, 6) is 0.0669. The van der Waals surface area contributed by atoms with Crippen LogP contribution in [0.2, 0.25) is 0 Å². The van der Waals surface area contributed by atoms with E-state index in [1.54, 1.807) is 4.90 Å². The number of aryl methyl sites for hydroxylation is 1. The standard InChI is InChI=1S/C20H31N3O2/c1-6-9-21-19(25)23-12-10-22(11-13-23)18(24)17-14-16(20(3,4)5)8-7-15(17)2/h7-8,14H,6,9-13H2,1-5H3,(H,21,25). The number of hydrogen-bond donors (Lipinski definition) is 1. The molecular weight excluding hydrogens is 314 g/mol. The van der Waals surface area contributed by atoms with E-state index in [0.29, 0.717) is 32.7 Å². The van der Waals surface area contributed by atoms with Crippen molar-refractivity contribution in [3.8, 4) is 0 Å². The first-order valence-corrected chi connectivity index (χ1v) is 9.17. The van der Waals surface area contributed by atoms with E-state index in [0.717, 1.165) is 17.5 Å². The molecule has 0 saturated carbocycles. The predicted octanol–water partition coefficient (Wildman–Crippen LogP) is 3.17. The van der Waals surface area contributed by atoms with E-state index in [2.05, 4.69) is 32.2 Å². The van der Waals surface area contributed by atoms with Crippen molar-refractivity contribution in [3.05, 3.63) is 34.9 Å². The Kier molecular flexibility index (Phi) is 6.09. The summed E-state index contributed by atoms with van der Waals surface area (Å²) in [5, 5.41) is 2.89. The molecule has 1 fully saturated rings. The molecule has 2 rings (SSSR count). The van der Waals surface area contributed by atoms with Gasteiger partial charge in [-0.25, -0.2) is 4.79 Å². The van der Waals surface area contributed by atoms with Crippen LogP contribution in [0.25, 0.3) is 0 Å². The number of amides is 3. The lowest BCUT2D eigenvalue weighted by atomic mass is 9.85. The number of carbonyl (C=O) groups excluding carboxylic acids is 2. The molecule has 0 radical (unpaired) electrons. The third kappa shape index (κ3) is 4.74. The molecule has 5 heteroatoms. The largest absolute Gasteiger partial charge is 0.338 e. The van der Waals surface area contributed by atoms with Gasteiger partial charge in [-0.15, -0.1) is 0 Å². The van der Waals surface area contributed by atoms with Gasteiger partial charge in [-0.2, -0.15) is 0 Å². The molecule has 0 atom stereocenters. The molecule has 0 spiro atoms. The van der Waals surface area contributed by atoms with Gasteiger partial charge in [0.05, 0.1) is 0 Å². The molecule has 1 aromatic rings. The molecule has 0 unspecified atom stereocenters. The minimum Gasteiger partial charge on any atom is -0.338 e. The first-order chi connectivity index (χ1) is 11.7. The highest BCUT2D eigenvalue weighted by Gasteiger charge is 2.26. The van der Waals surface area contributed by atoms with E-state index in [1.807, 2.05) is 30.9 Å². The third-order valence-electron chi connectivity index (χ3n) is 4.71. The van der Waals surface area contributed by atoms with Crippen molar-refractivity contribution in [1.82, 2.24) is 15.1 Å². The summed E-state index contributed by atoms with van der Waals surface area (Å²) in [7, 11) is 0. The van der Waals surface area contributed by atoms with Gasteiger partial charge < -0.3 is 15.1 Å². The average molecular weight is 345 g/mol. The molecule has 1 aliphatic heterocycles. The summed E-state index contributed by atoms with van der Waals surface area (Å²) >= 11 is 0. The summed E-state index contributed by atoms with van der Waals surface area (Å²) in [6, 6.07) is 6.13. The van der Waals surface area contributed by atoms with Crippen LogP contribution >= 0.6 is 0 Å². The molecule has 3 amide bonds. The van der Waals surface area contributed by atoms with Crippen LogP contribution in [0.3, 0.4) is 0 Å². The van der Waals surface area contributed by atoms with E-state index >= 15 is 0 Å². The zero-order chi connectivity index (χ0) is 18.6.